The summed E-state index contributed by atoms with van der Waals surface area (Å²) in [6.07, 6.45) is -0.0996. The molecule has 0 bridgehead atoms. The van der Waals surface area contributed by atoms with Gasteiger partial charge in [-0.1, -0.05) is 12.1 Å². The molecule has 1 saturated carbocycles. The Balaban J connectivity index is 2.25. The molecule has 0 spiro atoms. The van der Waals surface area contributed by atoms with Crippen molar-refractivity contribution in [2.24, 2.45) is 5.41 Å². The zero-order valence-corrected chi connectivity index (χ0v) is 7.98. The third-order valence-corrected chi connectivity index (χ3v) is 2.92. The third-order valence-electron chi connectivity index (χ3n) is 2.92. The Hall–Kier alpha value is -1.42. The van der Waals surface area contributed by atoms with Gasteiger partial charge in [0.05, 0.1) is 11.5 Å². The Labute approximate surface area is 86.2 Å². The van der Waals surface area contributed by atoms with E-state index in [1.807, 2.05) is 0 Å². The Morgan fingerprint density at radius 2 is 1.87 bits per heavy atom. The maximum atomic E-state index is 12.6. The van der Waals surface area contributed by atoms with Gasteiger partial charge in [-0.15, -0.1) is 0 Å². The number of aliphatic carboxylic acids is 1. The summed E-state index contributed by atoms with van der Waals surface area (Å²) in [6, 6.07) is 5.28. The summed E-state index contributed by atoms with van der Waals surface area (Å²) in [5.41, 5.74) is -0.589. The summed E-state index contributed by atoms with van der Waals surface area (Å²) in [7, 11) is 0. The number of aliphatic hydroxyl groups excluding tert-OH is 1. The van der Waals surface area contributed by atoms with Crippen molar-refractivity contribution >= 4 is 5.97 Å². The Kier molecular flexibility index (Phi) is 2.23. The molecule has 2 N–H and O–H groups in total. The fourth-order valence-electron chi connectivity index (χ4n) is 1.70. The van der Waals surface area contributed by atoms with Gasteiger partial charge in [-0.05, 0) is 30.5 Å². The lowest BCUT2D eigenvalue weighted by Crippen LogP contribution is -2.23. The number of carboxylic acid groups (broad SMARTS) is 1. The molecule has 0 radical (unpaired) electrons. The maximum Gasteiger partial charge on any atom is 0.312 e. The van der Waals surface area contributed by atoms with Crippen LogP contribution in [0.25, 0.3) is 0 Å². The van der Waals surface area contributed by atoms with Crippen LogP contribution in [0, 0.1) is 11.2 Å². The van der Waals surface area contributed by atoms with E-state index in [1.165, 1.54) is 24.3 Å². The van der Waals surface area contributed by atoms with Gasteiger partial charge in [-0.25, -0.2) is 4.39 Å². The van der Waals surface area contributed by atoms with E-state index >= 15 is 0 Å². The van der Waals surface area contributed by atoms with Crippen LogP contribution >= 0.6 is 0 Å². The van der Waals surface area contributed by atoms with Crippen molar-refractivity contribution in [3.8, 4) is 0 Å². The maximum absolute atomic E-state index is 12.6. The number of hydrogen-bond donors (Lipinski definition) is 2. The van der Waals surface area contributed by atoms with Crippen molar-refractivity contribution in [1.29, 1.82) is 0 Å². The molecule has 0 heterocycles. The summed E-state index contributed by atoms with van der Waals surface area (Å²) in [5, 5.41) is 18.8. The van der Waals surface area contributed by atoms with Crippen LogP contribution in [-0.2, 0) is 4.79 Å². The average molecular weight is 210 g/mol. The highest BCUT2D eigenvalue weighted by Crippen LogP contribution is 2.55. The van der Waals surface area contributed by atoms with E-state index in [9.17, 15) is 14.3 Å². The van der Waals surface area contributed by atoms with Gasteiger partial charge in [0, 0.05) is 0 Å². The summed E-state index contributed by atoms with van der Waals surface area (Å²) >= 11 is 0. The first-order chi connectivity index (χ1) is 7.06. The normalized spacial score (nSPS) is 19.6. The van der Waals surface area contributed by atoms with Gasteiger partial charge in [-0.3, -0.25) is 4.79 Å². The molecular formula is C11H11FO3. The minimum atomic E-state index is -1.05. The van der Waals surface area contributed by atoms with E-state index in [0.29, 0.717) is 18.4 Å². The van der Waals surface area contributed by atoms with Crippen LogP contribution in [0.5, 0.6) is 0 Å². The number of hydrogen-bond acceptors (Lipinski definition) is 2. The van der Waals surface area contributed by atoms with Crippen LogP contribution in [0.2, 0.25) is 0 Å². The van der Waals surface area contributed by atoms with Gasteiger partial charge in [-0.2, -0.15) is 0 Å². The Morgan fingerprint density at radius 1 is 1.33 bits per heavy atom. The van der Waals surface area contributed by atoms with Crippen LogP contribution < -0.4 is 0 Å². The fourth-order valence-corrected chi connectivity index (χ4v) is 1.70. The summed E-state index contributed by atoms with van der Waals surface area (Å²) in [4.78, 5) is 10.9. The number of carbonyl (C=O) groups is 1. The average Bonchev–Trinajstić information content (AvgIpc) is 2.98. The molecule has 1 aliphatic carbocycles. The van der Waals surface area contributed by atoms with Gasteiger partial charge in [0.1, 0.15) is 5.82 Å². The summed E-state index contributed by atoms with van der Waals surface area (Å²) < 4.78 is 12.6. The molecule has 0 aliphatic heterocycles. The van der Waals surface area contributed by atoms with Crippen LogP contribution in [0.4, 0.5) is 4.39 Å². The van der Waals surface area contributed by atoms with Gasteiger partial charge in [0.15, 0.2) is 0 Å². The zero-order valence-electron chi connectivity index (χ0n) is 7.98. The molecular weight excluding hydrogens is 199 g/mol. The topological polar surface area (TPSA) is 57.5 Å². The first kappa shape index (κ1) is 10.1. The Bertz CT molecular complexity index is 381. The molecule has 1 aromatic carbocycles. The first-order valence-corrected chi connectivity index (χ1v) is 4.73. The van der Waals surface area contributed by atoms with E-state index in [-0.39, 0.29) is 0 Å². The summed E-state index contributed by atoms with van der Waals surface area (Å²) in [6.45, 7) is 0. The second-order valence-corrected chi connectivity index (χ2v) is 3.92. The SMILES string of the molecule is O=C(O)C1(C(O)c2ccc(F)cc2)CC1. The van der Waals surface area contributed by atoms with E-state index in [1.54, 1.807) is 0 Å². The number of aliphatic hydroxyl groups is 1. The van der Waals surface area contributed by atoms with Gasteiger partial charge in [0.2, 0.25) is 0 Å². The molecule has 0 saturated heterocycles. The quantitative estimate of drug-likeness (QED) is 0.798. The second kappa shape index (κ2) is 3.31. The molecule has 3 nitrogen and oxygen atoms in total. The lowest BCUT2D eigenvalue weighted by molar-refractivity contribution is -0.148. The van der Waals surface area contributed by atoms with E-state index in [0.717, 1.165) is 0 Å². The van der Waals surface area contributed by atoms with Crippen molar-refractivity contribution in [3.63, 3.8) is 0 Å². The van der Waals surface area contributed by atoms with E-state index in [4.69, 9.17) is 5.11 Å². The lowest BCUT2D eigenvalue weighted by Gasteiger charge is -2.18. The van der Waals surface area contributed by atoms with E-state index in [2.05, 4.69) is 0 Å². The largest absolute Gasteiger partial charge is 0.481 e. The van der Waals surface area contributed by atoms with Gasteiger partial charge < -0.3 is 10.2 Å². The zero-order chi connectivity index (χ0) is 11.1. The number of carboxylic acids is 1. The van der Waals surface area contributed by atoms with Crippen molar-refractivity contribution < 1.29 is 19.4 Å². The lowest BCUT2D eigenvalue weighted by atomic mass is 9.93. The van der Waals surface area contributed by atoms with Crippen LogP contribution in [0.1, 0.15) is 24.5 Å². The minimum Gasteiger partial charge on any atom is -0.481 e. The van der Waals surface area contributed by atoms with Gasteiger partial charge >= 0.3 is 5.97 Å². The van der Waals surface area contributed by atoms with Crippen molar-refractivity contribution in [3.05, 3.63) is 35.6 Å². The van der Waals surface area contributed by atoms with Crippen molar-refractivity contribution in [2.45, 2.75) is 18.9 Å². The molecule has 2 rings (SSSR count). The smallest absolute Gasteiger partial charge is 0.312 e. The molecule has 1 atom stereocenters. The predicted octanol–water partition coefficient (Wildman–Crippen LogP) is 1.72. The second-order valence-electron chi connectivity index (χ2n) is 3.92. The monoisotopic (exact) mass is 210 g/mol. The van der Waals surface area contributed by atoms with Crippen molar-refractivity contribution in [2.75, 3.05) is 0 Å². The standard InChI is InChI=1S/C11H11FO3/c12-8-3-1-7(2-4-8)9(13)11(5-6-11)10(14)15/h1-4,9,13H,5-6H2,(H,14,15). The number of rotatable bonds is 3. The molecule has 1 fully saturated rings. The molecule has 1 aliphatic rings. The Morgan fingerprint density at radius 3 is 2.27 bits per heavy atom. The molecule has 80 valence electrons. The fraction of sp³-hybridized carbons (Fsp3) is 0.364. The highest BCUT2D eigenvalue weighted by Gasteiger charge is 2.56. The number of halogens is 1. The predicted molar refractivity (Wildman–Crippen MR) is 50.7 cm³/mol. The molecule has 0 amide bonds. The van der Waals surface area contributed by atoms with Crippen molar-refractivity contribution in [1.82, 2.24) is 0 Å². The number of benzene rings is 1. The summed E-state index contributed by atoms with van der Waals surface area (Å²) in [5.74, 6) is -1.38. The molecule has 1 aromatic rings. The van der Waals surface area contributed by atoms with E-state index < -0.39 is 23.3 Å². The highest BCUT2D eigenvalue weighted by atomic mass is 19.1. The third kappa shape index (κ3) is 1.61. The molecule has 1 unspecified atom stereocenters. The minimum absolute atomic E-state index is 0.397. The first-order valence-electron chi connectivity index (χ1n) is 4.73. The van der Waals surface area contributed by atoms with Gasteiger partial charge in [0.25, 0.3) is 0 Å². The molecule has 0 aromatic heterocycles. The van der Waals surface area contributed by atoms with Crippen LogP contribution in [-0.4, -0.2) is 16.2 Å². The van der Waals surface area contributed by atoms with Crippen LogP contribution in [0.3, 0.4) is 0 Å². The molecule has 4 heteroatoms. The highest BCUT2D eigenvalue weighted by molar-refractivity contribution is 5.78. The van der Waals surface area contributed by atoms with Crippen LogP contribution in [0.15, 0.2) is 24.3 Å². The molecule has 15 heavy (non-hydrogen) atoms.